The van der Waals surface area contributed by atoms with Gasteiger partial charge in [-0.1, -0.05) is 39.7 Å². The molecule has 120 valence electrons. The van der Waals surface area contributed by atoms with E-state index in [1.165, 1.54) is 11.3 Å². The molecule has 0 unspecified atom stereocenters. The van der Waals surface area contributed by atoms with Gasteiger partial charge < -0.3 is 9.80 Å². The van der Waals surface area contributed by atoms with Crippen molar-refractivity contribution >= 4 is 39.1 Å². The van der Waals surface area contributed by atoms with Gasteiger partial charge in [-0.2, -0.15) is 0 Å². The number of aryl methyl sites for hydroxylation is 1. The van der Waals surface area contributed by atoms with Crippen molar-refractivity contribution in [3.05, 3.63) is 63.1 Å². The smallest absolute Gasteiger partial charge is 0.255 e. The first-order valence-corrected chi connectivity index (χ1v) is 8.77. The van der Waals surface area contributed by atoms with Crippen molar-refractivity contribution in [2.75, 3.05) is 31.1 Å². The van der Waals surface area contributed by atoms with Crippen molar-refractivity contribution in [2.24, 2.45) is 0 Å². The standard InChI is InChI=1S/C18H18BrClN2O/c1-13-3-2-4-15(11-13)21-7-9-22(10-8-21)18(23)16-12-14(19)5-6-17(16)20/h2-6,11-12H,7-10H2,1H3. The minimum atomic E-state index is 0.000178. The molecule has 0 N–H and O–H groups in total. The number of piperazine rings is 1. The van der Waals surface area contributed by atoms with E-state index in [4.69, 9.17) is 11.6 Å². The summed E-state index contributed by atoms with van der Waals surface area (Å²) >= 11 is 9.57. The minimum absolute atomic E-state index is 0.000178. The van der Waals surface area contributed by atoms with E-state index in [9.17, 15) is 4.79 Å². The van der Waals surface area contributed by atoms with Gasteiger partial charge in [0.25, 0.3) is 5.91 Å². The first-order valence-electron chi connectivity index (χ1n) is 7.60. The van der Waals surface area contributed by atoms with Crippen molar-refractivity contribution in [1.82, 2.24) is 4.90 Å². The number of hydrogen-bond donors (Lipinski definition) is 0. The van der Waals surface area contributed by atoms with Crippen molar-refractivity contribution < 1.29 is 4.79 Å². The van der Waals surface area contributed by atoms with Crippen LogP contribution in [0.3, 0.4) is 0 Å². The van der Waals surface area contributed by atoms with E-state index in [0.717, 1.165) is 17.6 Å². The molecule has 0 aromatic heterocycles. The lowest BCUT2D eigenvalue weighted by atomic mass is 10.1. The zero-order valence-corrected chi connectivity index (χ0v) is 15.3. The summed E-state index contributed by atoms with van der Waals surface area (Å²) in [7, 11) is 0. The minimum Gasteiger partial charge on any atom is -0.368 e. The molecule has 0 aliphatic carbocycles. The van der Waals surface area contributed by atoms with E-state index < -0.39 is 0 Å². The Morgan fingerprint density at radius 1 is 1.09 bits per heavy atom. The Morgan fingerprint density at radius 2 is 1.83 bits per heavy atom. The van der Waals surface area contributed by atoms with Crippen molar-refractivity contribution in [2.45, 2.75) is 6.92 Å². The summed E-state index contributed by atoms with van der Waals surface area (Å²) < 4.78 is 0.864. The van der Waals surface area contributed by atoms with Gasteiger partial charge in [-0.15, -0.1) is 0 Å². The molecule has 3 rings (SSSR count). The van der Waals surface area contributed by atoms with Gasteiger partial charge in [0, 0.05) is 36.3 Å². The lowest BCUT2D eigenvalue weighted by Crippen LogP contribution is -2.48. The lowest BCUT2D eigenvalue weighted by Gasteiger charge is -2.36. The summed E-state index contributed by atoms with van der Waals surface area (Å²) in [4.78, 5) is 16.9. The molecule has 0 atom stereocenters. The normalized spacial score (nSPS) is 14.9. The third kappa shape index (κ3) is 3.70. The maximum Gasteiger partial charge on any atom is 0.255 e. The summed E-state index contributed by atoms with van der Waals surface area (Å²) in [5.41, 5.74) is 3.03. The second-order valence-electron chi connectivity index (χ2n) is 5.74. The number of anilines is 1. The van der Waals surface area contributed by atoms with Crippen molar-refractivity contribution in [3.63, 3.8) is 0 Å². The Hall–Kier alpha value is -1.52. The molecule has 23 heavy (non-hydrogen) atoms. The number of hydrogen-bond acceptors (Lipinski definition) is 2. The Morgan fingerprint density at radius 3 is 2.52 bits per heavy atom. The van der Waals surface area contributed by atoms with Gasteiger partial charge in [-0.3, -0.25) is 4.79 Å². The molecular weight excluding hydrogens is 376 g/mol. The van der Waals surface area contributed by atoms with E-state index in [2.05, 4.69) is 52.0 Å². The first kappa shape index (κ1) is 16.3. The van der Waals surface area contributed by atoms with Crippen LogP contribution < -0.4 is 4.90 Å². The van der Waals surface area contributed by atoms with Gasteiger partial charge in [0.1, 0.15) is 0 Å². The average Bonchev–Trinajstić information content (AvgIpc) is 2.56. The first-order chi connectivity index (χ1) is 11.0. The predicted molar refractivity (Wildman–Crippen MR) is 98.4 cm³/mol. The summed E-state index contributed by atoms with van der Waals surface area (Å²) in [5, 5.41) is 0.499. The number of nitrogens with zero attached hydrogens (tertiary/aromatic N) is 2. The van der Waals surface area contributed by atoms with Crippen LogP contribution in [-0.4, -0.2) is 37.0 Å². The summed E-state index contributed by atoms with van der Waals surface area (Å²) in [6.45, 7) is 5.17. The molecule has 3 nitrogen and oxygen atoms in total. The van der Waals surface area contributed by atoms with Gasteiger partial charge in [0.2, 0.25) is 0 Å². The fourth-order valence-corrected chi connectivity index (χ4v) is 3.38. The fraction of sp³-hybridized carbons (Fsp3) is 0.278. The zero-order valence-electron chi connectivity index (χ0n) is 12.9. The molecule has 5 heteroatoms. The van der Waals surface area contributed by atoms with Gasteiger partial charge in [0.05, 0.1) is 10.6 Å². The Bertz CT molecular complexity index is 727. The van der Waals surface area contributed by atoms with Crippen LogP contribution in [0, 0.1) is 6.92 Å². The zero-order chi connectivity index (χ0) is 16.4. The van der Waals surface area contributed by atoms with Crippen LogP contribution in [0.15, 0.2) is 46.9 Å². The number of carbonyl (C=O) groups excluding carboxylic acids is 1. The number of amides is 1. The molecule has 2 aromatic carbocycles. The molecule has 1 amide bonds. The van der Waals surface area contributed by atoms with Gasteiger partial charge in [-0.05, 0) is 42.8 Å². The van der Waals surface area contributed by atoms with E-state index in [1.54, 1.807) is 12.1 Å². The second-order valence-corrected chi connectivity index (χ2v) is 7.07. The van der Waals surface area contributed by atoms with Crippen LogP contribution in [-0.2, 0) is 0 Å². The summed E-state index contributed by atoms with van der Waals surface area (Å²) in [6.07, 6.45) is 0. The van der Waals surface area contributed by atoms with Crippen LogP contribution in [0.5, 0.6) is 0 Å². The maximum absolute atomic E-state index is 12.7. The monoisotopic (exact) mass is 392 g/mol. The van der Waals surface area contributed by atoms with Crippen LogP contribution in [0.4, 0.5) is 5.69 Å². The number of carbonyl (C=O) groups is 1. The van der Waals surface area contributed by atoms with E-state index in [1.807, 2.05) is 11.0 Å². The molecule has 1 fully saturated rings. The topological polar surface area (TPSA) is 23.6 Å². The maximum atomic E-state index is 12.7. The second kappa shape index (κ2) is 6.93. The van der Waals surface area contributed by atoms with Crippen molar-refractivity contribution in [3.8, 4) is 0 Å². The van der Waals surface area contributed by atoms with E-state index in [0.29, 0.717) is 23.7 Å². The summed E-state index contributed by atoms with van der Waals surface area (Å²) in [5.74, 6) is 0.000178. The van der Waals surface area contributed by atoms with Gasteiger partial charge in [-0.25, -0.2) is 0 Å². The van der Waals surface area contributed by atoms with E-state index >= 15 is 0 Å². The average molecular weight is 394 g/mol. The van der Waals surface area contributed by atoms with Gasteiger partial charge in [0.15, 0.2) is 0 Å². The Balaban J connectivity index is 1.69. The number of halogens is 2. The predicted octanol–water partition coefficient (Wildman–Crippen LogP) is 4.37. The highest BCUT2D eigenvalue weighted by Gasteiger charge is 2.23. The molecule has 0 spiro atoms. The molecule has 1 aliphatic heterocycles. The van der Waals surface area contributed by atoms with E-state index in [-0.39, 0.29) is 5.91 Å². The molecule has 0 radical (unpaired) electrons. The number of rotatable bonds is 2. The highest BCUT2D eigenvalue weighted by Crippen LogP contribution is 2.24. The van der Waals surface area contributed by atoms with Crippen molar-refractivity contribution in [1.29, 1.82) is 0 Å². The third-order valence-corrected chi connectivity index (χ3v) is 4.92. The third-order valence-electron chi connectivity index (χ3n) is 4.09. The summed E-state index contributed by atoms with van der Waals surface area (Å²) in [6, 6.07) is 13.9. The molecule has 1 aliphatic rings. The highest BCUT2D eigenvalue weighted by atomic mass is 79.9. The van der Waals surface area contributed by atoms with Crippen LogP contribution in [0.25, 0.3) is 0 Å². The molecule has 2 aromatic rings. The fourth-order valence-electron chi connectivity index (χ4n) is 2.82. The Labute approximate surface area is 150 Å². The SMILES string of the molecule is Cc1cccc(N2CCN(C(=O)c3cc(Br)ccc3Cl)CC2)c1. The molecule has 1 saturated heterocycles. The molecule has 0 bridgehead atoms. The number of benzene rings is 2. The molecular formula is C18H18BrClN2O. The lowest BCUT2D eigenvalue weighted by molar-refractivity contribution is 0.0747. The molecule has 0 saturated carbocycles. The quantitative estimate of drug-likeness (QED) is 0.756. The van der Waals surface area contributed by atoms with Crippen LogP contribution in [0.2, 0.25) is 5.02 Å². The molecule has 1 heterocycles. The highest BCUT2D eigenvalue weighted by molar-refractivity contribution is 9.10. The largest absolute Gasteiger partial charge is 0.368 e. The Kier molecular flexibility index (Phi) is 4.93. The van der Waals surface area contributed by atoms with Gasteiger partial charge >= 0.3 is 0 Å². The van der Waals surface area contributed by atoms with Crippen LogP contribution in [0.1, 0.15) is 15.9 Å². The van der Waals surface area contributed by atoms with Crippen LogP contribution >= 0.6 is 27.5 Å².